The number of hydrogen-bond acceptors (Lipinski definition) is 8. The highest BCUT2D eigenvalue weighted by molar-refractivity contribution is 6.30. The number of nitrogens with zero attached hydrogens (tertiary/aromatic N) is 5. The van der Waals surface area contributed by atoms with Gasteiger partial charge in [-0.3, -0.25) is 9.69 Å². The molecule has 206 valence electrons. The van der Waals surface area contributed by atoms with Crippen LogP contribution in [0.3, 0.4) is 0 Å². The first kappa shape index (κ1) is 28.2. The maximum absolute atomic E-state index is 14.3. The van der Waals surface area contributed by atoms with E-state index in [0.717, 1.165) is 0 Å². The number of nitrogens with one attached hydrogen (secondary N) is 2. The number of ether oxygens (including phenoxy) is 1. The van der Waals surface area contributed by atoms with Crippen molar-refractivity contribution >= 4 is 40.8 Å². The van der Waals surface area contributed by atoms with Crippen LogP contribution in [0.5, 0.6) is 0 Å². The number of carbonyl (C=O) groups excluding carboxylic acids is 2. The molecule has 1 aliphatic heterocycles. The van der Waals surface area contributed by atoms with Crippen molar-refractivity contribution in [3.8, 4) is 11.3 Å². The van der Waals surface area contributed by atoms with Crippen LogP contribution in [0.4, 0.5) is 26.4 Å². The molecular formula is C27H31ClFN7O3. The highest BCUT2D eigenvalue weighted by atomic mass is 35.5. The molecule has 3 aromatic rings. The van der Waals surface area contributed by atoms with Crippen molar-refractivity contribution in [2.24, 2.45) is 0 Å². The summed E-state index contributed by atoms with van der Waals surface area (Å²) in [7, 11) is 0. The second kappa shape index (κ2) is 12.4. The van der Waals surface area contributed by atoms with Crippen molar-refractivity contribution in [2.75, 3.05) is 43.4 Å². The van der Waals surface area contributed by atoms with Crippen LogP contribution in [0.25, 0.3) is 11.3 Å². The molecule has 0 atom stereocenters. The Labute approximate surface area is 231 Å². The number of anilines is 3. The van der Waals surface area contributed by atoms with Crippen LogP contribution >= 0.6 is 11.6 Å². The topological polar surface area (TPSA) is 113 Å². The number of rotatable bonds is 7. The molecule has 10 nitrogen and oxygen atoms in total. The maximum atomic E-state index is 14.3. The largest absolute Gasteiger partial charge is 0.444 e. The van der Waals surface area contributed by atoms with Gasteiger partial charge in [0.1, 0.15) is 17.2 Å². The third-order valence-electron chi connectivity index (χ3n) is 5.85. The van der Waals surface area contributed by atoms with Crippen molar-refractivity contribution in [3.63, 3.8) is 0 Å². The number of halogens is 2. The standard InChI is InChI=1S/C27H31ClFN7O3/c1-27(2,3)39-26(38)36-12-10-35(11-13-36)9-7-25(37)33-24-16-19(6-8-30-24)32-20-15-23(34-31-17-20)21-14-18(28)4-5-22(21)29/h4-6,8,14-17H,7,9-13H2,1-3H3,(H2,30,32,33,34,37). The summed E-state index contributed by atoms with van der Waals surface area (Å²) in [4.78, 5) is 32.8. The van der Waals surface area contributed by atoms with E-state index in [4.69, 9.17) is 16.3 Å². The minimum Gasteiger partial charge on any atom is -0.444 e. The van der Waals surface area contributed by atoms with E-state index in [2.05, 4.69) is 30.7 Å². The van der Waals surface area contributed by atoms with Crippen LogP contribution in [0.1, 0.15) is 27.2 Å². The van der Waals surface area contributed by atoms with E-state index in [0.29, 0.717) is 60.6 Å². The predicted molar refractivity (Wildman–Crippen MR) is 147 cm³/mol. The average molecular weight is 556 g/mol. The average Bonchev–Trinajstić information content (AvgIpc) is 2.88. The SMILES string of the molecule is CC(C)(C)OC(=O)N1CCN(CCC(=O)Nc2cc(Nc3cnnc(-c4cc(Cl)ccc4F)c3)ccn2)CC1. The number of hydrogen-bond donors (Lipinski definition) is 2. The van der Waals surface area contributed by atoms with Crippen molar-refractivity contribution in [2.45, 2.75) is 32.8 Å². The van der Waals surface area contributed by atoms with Crippen molar-refractivity contribution in [3.05, 3.63) is 59.6 Å². The number of pyridine rings is 1. The van der Waals surface area contributed by atoms with Gasteiger partial charge in [-0.2, -0.15) is 10.2 Å². The van der Waals surface area contributed by atoms with Gasteiger partial charge in [0.15, 0.2) is 0 Å². The number of amides is 2. The van der Waals surface area contributed by atoms with Gasteiger partial charge in [0, 0.05) is 67.7 Å². The molecular weight excluding hydrogens is 525 g/mol. The second-order valence-corrected chi connectivity index (χ2v) is 10.6. The van der Waals surface area contributed by atoms with Gasteiger partial charge in [-0.15, -0.1) is 0 Å². The summed E-state index contributed by atoms with van der Waals surface area (Å²) in [6.45, 7) is 8.56. The molecule has 3 heterocycles. The molecule has 2 aromatic heterocycles. The predicted octanol–water partition coefficient (Wildman–Crippen LogP) is 4.96. The zero-order chi connectivity index (χ0) is 28.0. The third-order valence-corrected chi connectivity index (χ3v) is 6.09. The zero-order valence-corrected chi connectivity index (χ0v) is 22.8. The Morgan fingerprint density at radius 3 is 2.59 bits per heavy atom. The molecule has 0 spiro atoms. The normalized spacial score (nSPS) is 14.1. The first-order chi connectivity index (χ1) is 18.6. The van der Waals surface area contributed by atoms with Crippen LogP contribution in [0, 0.1) is 5.82 Å². The number of aromatic nitrogens is 3. The van der Waals surface area contributed by atoms with Crippen LogP contribution in [0.15, 0.2) is 48.8 Å². The quantitative estimate of drug-likeness (QED) is 0.421. The lowest BCUT2D eigenvalue weighted by atomic mass is 10.1. The van der Waals surface area contributed by atoms with E-state index in [-0.39, 0.29) is 24.0 Å². The summed E-state index contributed by atoms with van der Waals surface area (Å²) < 4.78 is 19.7. The van der Waals surface area contributed by atoms with Gasteiger partial charge in [0.25, 0.3) is 0 Å². The van der Waals surface area contributed by atoms with Crippen LogP contribution in [-0.2, 0) is 9.53 Å². The van der Waals surface area contributed by atoms with Crippen LogP contribution in [-0.4, -0.2) is 75.3 Å². The molecule has 2 N–H and O–H groups in total. The summed E-state index contributed by atoms with van der Waals surface area (Å²) >= 11 is 6.00. The van der Waals surface area contributed by atoms with Gasteiger partial charge in [-0.25, -0.2) is 14.2 Å². The summed E-state index contributed by atoms with van der Waals surface area (Å²) in [6, 6.07) is 9.32. The molecule has 1 saturated heterocycles. The molecule has 39 heavy (non-hydrogen) atoms. The van der Waals surface area contributed by atoms with Gasteiger partial charge < -0.3 is 20.3 Å². The van der Waals surface area contributed by atoms with Crippen molar-refractivity contribution in [1.29, 1.82) is 0 Å². The molecule has 0 unspecified atom stereocenters. The Morgan fingerprint density at radius 2 is 1.85 bits per heavy atom. The summed E-state index contributed by atoms with van der Waals surface area (Å²) in [6.07, 6.45) is 3.05. The number of benzene rings is 1. The van der Waals surface area contributed by atoms with E-state index in [1.807, 2.05) is 20.8 Å². The summed E-state index contributed by atoms with van der Waals surface area (Å²) in [5.74, 6) is -0.230. The number of piperazine rings is 1. The third kappa shape index (κ3) is 8.33. The molecule has 1 aromatic carbocycles. The fraction of sp³-hybridized carbons (Fsp3) is 0.370. The Morgan fingerprint density at radius 1 is 1.08 bits per heavy atom. The summed E-state index contributed by atoms with van der Waals surface area (Å²) in [5, 5.41) is 14.3. The van der Waals surface area contributed by atoms with Gasteiger partial charge in [0.05, 0.1) is 17.6 Å². The van der Waals surface area contributed by atoms with Crippen molar-refractivity contribution in [1.82, 2.24) is 25.0 Å². The monoisotopic (exact) mass is 555 g/mol. The molecule has 0 saturated carbocycles. The highest BCUT2D eigenvalue weighted by Crippen LogP contribution is 2.27. The molecule has 4 rings (SSSR count). The van der Waals surface area contributed by atoms with Gasteiger partial charge in [-0.05, 0) is 51.1 Å². The molecule has 0 radical (unpaired) electrons. The second-order valence-electron chi connectivity index (χ2n) is 10.1. The van der Waals surface area contributed by atoms with Gasteiger partial charge >= 0.3 is 6.09 Å². The molecule has 2 amide bonds. The van der Waals surface area contributed by atoms with E-state index >= 15 is 0 Å². The fourth-order valence-electron chi connectivity index (χ4n) is 3.95. The van der Waals surface area contributed by atoms with E-state index in [1.54, 1.807) is 29.3 Å². The number of carbonyl (C=O) groups is 2. The van der Waals surface area contributed by atoms with E-state index < -0.39 is 11.4 Å². The Balaban J connectivity index is 1.28. The zero-order valence-electron chi connectivity index (χ0n) is 22.1. The molecule has 1 aliphatic rings. The Bertz CT molecular complexity index is 1330. The molecule has 12 heteroatoms. The first-order valence-corrected chi connectivity index (χ1v) is 12.9. The van der Waals surface area contributed by atoms with E-state index in [1.165, 1.54) is 24.4 Å². The lowest BCUT2D eigenvalue weighted by Crippen LogP contribution is -2.50. The van der Waals surface area contributed by atoms with E-state index in [9.17, 15) is 14.0 Å². The Hall–Kier alpha value is -3.83. The van der Waals surface area contributed by atoms with Crippen LogP contribution < -0.4 is 10.6 Å². The fourth-order valence-corrected chi connectivity index (χ4v) is 4.12. The minimum absolute atomic E-state index is 0.168. The Kier molecular flexibility index (Phi) is 8.93. The molecule has 1 fully saturated rings. The molecule has 0 bridgehead atoms. The maximum Gasteiger partial charge on any atom is 0.410 e. The minimum atomic E-state index is -0.526. The highest BCUT2D eigenvalue weighted by Gasteiger charge is 2.26. The van der Waals surface area contributed by atoms with Crippen LogP contribution in [0.2, 0.25) is 5.02 Å². The molecule has 0 aliphatic carbocycles. The lowest BCUT2D eigenvalue weighted by molar-refractivity contribution is -0.116. The van der Waals surface area contributed by atoms with Gasteiger partial charge in [0.2, 0.25) is 5.91 Å². The lowest BCUT2D eigenvalue weighted by Gasteiger charge is -2.35. The summed E-state index contributed by atoms with van der Waals surface area (Å²) in [5.41, 5.74) is 1.28. The smallest absolute Gasteiger partial charge is 0.410 e. The van der Waals surface area contributed by atoms with Gasteiger partial charge in [-0.1, -0.05) is 11.6 Å². The first-order valence-electron chi connectivity index (χ1n) is 12.6. The van der Waals surface area contributed by atoms with Crippen molar-refractivity contribution < 1.29 is 18.7 Å².